The quantitative estimate of drug-likeness (QED) is 0.146. The van der Waals surface area contributed by atoms with Crippen molar-refractivity contribution in [3.8, 4) is 0 Å². The molecule has 0 rings (SSSR count). The molecule has 0 spiro atoms. The van der Waals surface area contributed by atoms with E-state index in [0.29, 0.717) is 13.2 Å². The third-order valence-electron chi connectivity index (χ3n) is 3.12. The van der Waals surface area contributed by atoms with Gasteiger partial charge < -0.3 is 9.47 Å². The van der Waals surface area contributed by atoms with Gasteiger partial charge >= 0.3 is 11.9 Å². The first-order valence-corrected chi connectivity index (χ1v) is 10.6. The van der Waals surface area contributed by atoms with Gasteiger partial charge in [0.15, 0.2) is 0 Å². The van der Waals surface area contributed by atoms with E-state index in [1.54, 1.807) is 0 Å². The SMILES string of the molecule is CCCC(I)C(=O)OCCCCCCOC(=O)C(I)CCC. The van der Waals surface area contributed by atoms with Crippen LogP contribution in [0.1, 0.15) is 65.2 Å². The van der Waals surface area contributed by atoms with E-state index in [0.717, 1.165) is 51.4 Å². The van der Waals surface area contributed by atoms with Gasteiger partial charge in [0.2, 0.25) is 0 Å². The van der Waals surface area contributed by atoms with E-state index in [4.69, 9.17) is 9.47 Å². The number of hydrogen-bond donors (Lipinski definition) is 0. The van der Waals surface area contributed by atoms with Crippen molar-refractivity contribution in [2.75, 3.05) is 13.2 Å². The molecule has 0 aromatic heterocycles. The highest BCUT2D eigenvalue weighted by Crippen LogP contribution is 2.12. The molecule has 0 aliphatic carbocycles. The van der Waals surface area contributed by atoms with Crippen molar-refractivity contribution in [2.45, 2.75) is 73.1 Å². The number of ether oxygens (including phenoxy) is 2. The molecule has 0 saturated heterocycles. The Labute approximate surface area is 161 Å². The molecule has 2 unspecified atom stereocenters. The van der Waals surface area contributed by atoms with Crippen molar-refractivity contribution in [3.63, 3.8) is 0 Å². The maximum absolute atomic E-state index is 11.6. The predicted molar refractivity (Wildman–Crippen MR) is 106 cm³/mol. The summed E-state index contributed by atoms with van der Waals surface area (Å²) >= 11 is 4.28. The number of unbranched alkanes of at least 4 members (excludes halogenated alkanes) is 3. The summed E-state index contributed by atoms with van der Waals surface area (Å²) in [5.41, 5.74) is 0. The largest absolute Gasteiger partial charge is 0.465 e. The van der Waals surface area contributed by atoms with Gasteiger partial charge in [0.1, 0.15) is 7.85 Å². The van der Waals surface area contributed by atoms with Crippen molar-refractivity contribution in [3.05, 3.63) is 0 Å². The van der Waals surface area contributed by atoms with Gasteiger partial charge in [0, 0.05) is 0 Å². The lowest BCUT2D eigenvalue weighted by atomic mass is 10.2. The zero-order chi connectivity index (χ0) is 16.8. The first kappa shape index (κ1) is 22.4. The minimum absolute atomic E-state index is 0.0219. The van der Waals surface area contributed by atoms with Crippen molar-refractivity contribution in [2.24, 2.45) is 0 Å². The minimum Gasteiger partial charge on any atom is -0.465 e. The molecule has 22 heavy (non-hydrogen) atoms. The van der Waals surface area contributed by atoms with Crippen LogP contribution in [0.25, 0.3) is 0 Å². The van der Waals surface area contributed by atoms with E-state index >= 15 is 0 Å². The average Bonchev–Trinajstić information content (AvgIpc) is 2.49. The molecule has 0 fully saturated rings. The highest BCUT2D eigenvalue weighted by atomic mass is 127. The predicted octanol–water partition coefficient (Wildman–Crippen LogP) is 4.84. The highest BCUT2D eigenvalue weighted by Gasteiger charge is 2.15. The maximum atomic E-state index is 11.6. The molecule has 0 aliphatic rings. The molecule has 0 bridgehead atoms. The monoisotopic (exact) mass is 538 g/mol. The number of rotatable bonds is 13. The zero-order valence-electron chi connectivity index (χ0n) is 13.6. The van der Waals surface area contributed by atoms with E-state index in [9.17, 15) is 9.59 Å². The summed E-state index contributed by atoms with van der Waals surface area (Å²) in [5.74, 6) is -0.194. The third kappa shape index (κ3) is 11.9. The van der Waals surface area contributed by atoms with Crippen LogP contribution in [0.4, 0.5) is 0 Å². The normalized spacial score (nSPS) is 13.5. The fourth-order valence-corrected chi connectivity index (χ4v) is 3.43. The van der Waals surface area contributed by atoms with E-state index in [-0.39, 0.29) is 19.8 Å². The Hall–Kier alpha value is 0.400. The molecule has 6 heteroatoms. The first-order valence-electron chi connectivity index (χ1n) is 8.14. The molecule has 0 aromatic carbocycles. The van der Waals surface area contributed by atoms with Crippen LogP contribution in [0.2, 0.25) is 0 Å². The van der Waals surface area contributed by atoms with E-state index < -0.39 is 0 Å². The Bertz CT molecular complexity index is 281. The second-order valence-corrected chi connectivity index (χ2v) is 8.27. The van der Waals surface area contributed by atoms with Crippen LogP contribution in [0.15, 0.2) is 0 Å². The summed E-state index contributed by atoms with van der Waals surface area (Å²) in [4.78, 5) is 23.1. The lowest BCUT2D eigenvalue weighted by molar-refractivity contribution is -0.144. The summed E-state index contributed by atoms with van der Waals surface area (Å²) in [6.07, 6.45) is 7.48. The molecule has 0 saturated carbocycles. The first-order chi connectivity index (χ1) is 10.5. The molecule has 130 valence electrons. The Morgan fingerprint density at radius 2 is 1.14 bits per heavy atom. The highest BCUT2D eigenvalue weighted by molar-refractivity contribution is 14.1. The van der Waals surface area contributed by atoms with Crippen molar-refractivity contribution >= 4 is 57.1 Å². The fraction of sp³-hybridized carbons (Fsp3) is 0.875. The maximum Gasteiger partial charge on any atom is 0.318 e. The summed E-state index contributed by atoms with van der Waals surface area (Å²) in [6, 6.07) is 0. The van der Waals surface area contributed by atoms with E-state index in [1.807, 2.05) is 0 Å². The zero-order valence-corrected chi connectivity index (χ0v) is 17.9. The molecule has 0 aliphatic heterocycles. The van der Waals surface area contributed by atoms with Gasteiger partial charge in [0.25, 0.3) is 0 Å². The topological polar surface area (TPSA) is 52.6 Å². The molecule has 0 aromatic rings. The van der Waals surface area contributed by atoms with Crippen LogP contribution in [-0.4, -0.2) is 33.0 Å². The van der Waals surface area contributed by atoms with Crippen LogP contribution < -0.4 is 0 Å². The Morgan fingerprint density at radius 1 is 0.773 bits per heavy atom. The van der Waals surface area contributed by atoms with Gasteiger partial charge in [-0.1, -0.05) is 71.9 Å². The van der Waals surface area contributed by atoms with Gasteiger partial charge in [-0.3, -0.25) is 9.59 Å². The third-order valence-corrected chi connectivity index (χ3v) is 5.39. The number of carbonyl (C=O) groups is 2. The Kier molecular flexibility index (Phi) is 15.2. The Balaban J connectivity index is 3.44. The molecule has 0 N–H and O–H groups in total. The molecule has 4 nitrogen and oxygen atoms in total. The van der Waals surface area contributed by atoms with Gasteiger partial charge in [-0.05, 0) is 38.5 Å². The lowest BCUT2D eigenvalue weighted by Gasteiger charge is -2.10. The van der Waals surface area contributed by atoms with Crippen molar-refractivity contribution < 1.29 is 19.1 Å². The van der Waals surface area contributed by atoms with Crippen LogP contribution in [0.3, 0.4) is 0 Å². The fourth-order valence-electron chi connectivity index (χ4n) is 1.83. The van der Waals surface area contributed by atoms with Crippen LogP contribution in [-0.2, 0) is 19.1 Å². The molecule has 0 amide bonds. The number of hydrogen-bond acceptors (Lipinski definition) is 4. The second kappa shape index (κ2) is 15.0. The molecular formula is C16H28I2O4. The smallest absolute Gasteiger partial charge is 0.318 e. The molecule has 0 radical (unpaired) electrons. The summed E-state index contributed by atoms with van der Waals surface area (Å²) < 4.78 is 10.4. The molecule has 2 atom stereocenters. The van der Waals surface area contributed by atoms with Gasteiger partial charge in [-0.15, -0.1) is 0 Å². The standard InChI is InChI=1S/C16H28I2O4/c1-3-9-13(17)15(19)21-11-7-5-6-8-12-22-16(20)14(18)10-4-2/h13-14H,3-12H2,1-2H3. The average molecular weight is 538 g/mol. The van der Waals surface area contributed by atoms with Gasteiger partial charge in [-0.2, -0.15) is 0 Å². The number of carbonyl (C=O) groups excluding carboxylic acids is 2. The summed E-state index contributed by atoms with van der Waals surface area (Å²) in [5, 5.41) is 0. The minimum atomic E-state index is -0.0969. The van der Waals surface area contributed by atoms with Crippen LogP contribution in [0.5, 0.6) is 0 Å². The molecule has 0 heterocycles. The van der Waals surface area contributed by atoms with E-state index in [1.165, 1.54) is 0 Å². The lowest BCUT2D eigenvalue weighted by Crippen LogP contribution is -2.18. The van der Waals surface area contributed by atoms with E-state index in [2.05, 4.69) is 59.0 Å². The van der Waals surface area contributed by atoms with Crippen LogP contribution in [0, 0.1) is 0 Å². The van der Waals surface area contributed by atoms with Crippen molar-refractivity contribution in [1.29, 1.82) is 0 Å². The van der Waals surface area contributed by atoms with Gasteiger partial charge in [-0.25, -0.2) is 0 Å². The summed E-state index contributed by atoms with van der Waals surface area (Å²) in [7, 11) is 0. The Morgan fingerprint density at radius 3 is 1.45 bits per heavy atom. The number of esters is 2. The molecular weight excluding hydrogens is 510 g/mol. The number of halogens is 2. The van der Waals surface area contributed by atoms with Gasteiger partial charge in [0.05, 0.1) is 13.2 Å². The van der Waals surface area contributed by atoms with Crippen molar-refractivity contribution in [1.82, 2.24) is 0 Å². The summed E-state index contributed by atoms with van der Waals surface area (Å²) in [6.45, 7) is 5.12. The number of alkyl halides is 2. The van der Waals surface area contributed by atoms with Crippen LogP contribution >= 0.6 is 45.2 Å². The second-order valence-electron chi connectivity index (χ2n) is 5.26.